The van der Waals surface area contributed by atoms with Gasteiger partial charge in [0.05, 0.1) is 5.69 Å². The van der Waals surface area contributed by atoms with E-state index < -0.39 is 0 Å². The fourth-order valence-corrected chi connectivity index (χ4v) is 3.94. The van der Waals surface area contributed by atoms with E-state index >= 15 is 0 Å². The maximum Gasteiger partial charge on any atom is 0.321 e. The highest BCUT2D eigenvalue weighted by Crippen LogP contribution is 2.29. The fraction of sp³-hybridized carbons (Fsp3) is 0.412. The molecule has 0 atom stereocenters. The van der Waals surface area contributed by atoms with Gasteiger partial charge in [0.2, 0.25) is 0 Å². The zero-order valence-electron chi connectivity index (χ0n) is 13.8. The Hall–Kier alpha value is -1.63. The fourth-order valence-electron chi connectivity index (χ4n) is 2.70. The number of amides is 2. The summed E-state index contributed by atoms with van der Waals surface area (Å²) in [5.41, 5.74) is 2.23. The van der Waals surface area contributed by atoms with Crippen molar-refractivity contribution in [2.45, 2.75) is 39.4 Å². The minimum absolute atomic E-state index is 0.102. The molecule has 0 unspecified atom stereocenters. The number of aromatic nitrogens is 1. The van der Waals surface area contributed by atoms with E-state index in [-0.39, 0.29) is 12.1 Å². The first kappa shape index (κ1) is 17.2. The first-order valence-corrected chi connectivity index (χ1v) is 9.22. The molecule has 0 bridgehead atoms. The summed E-state index contributed by atoms with van der Waals surface area (Å²) in [6.07, 6.45) is 0.893. The van der Waals surface area contributed by atoms with Crippen LogP contribution < -0.4 is 10.6 Å². The van der Waals surface area contributed by atoms with Crippen LogP contribution in [0.25, 0.3) is 0 Å². The van der Waals surface area contributed by atoms with Crippen molar-refractivity contribution in [3.05, 3.63) is 45.4 Å². The van der Waals surface area contributed by atoms with Crippen molar-refractivity contribution < 1.29 is 4.79 Å². The van der Waals surface area contributed by atoms with E-state index in [0.717, 1.165) is 42.3 Å². The third-order valence-corrected chi connectivity index (χ3v) is 5.17. The second-order valence-electron chi connectivity index (χ2n) is 6.19. The molecule has 0 saturated heterocycles. The number of halogens is 1. The van der Waals surface area contributed by atoms with Crippen molar-refractivity contribution in [3.63, 3.8) is 0 Å². The number of anilines is 1. The molecule has 2 heterocycles. The van der Waals surface area contributed by atoms with Gasteiger partial charge in [0.25, 0.3) is 0 Å². The second kappa shape index (κ2) is 7.51. The summed E-state index contributed by atoms with van der Waals surface area (Å²) >= 11 is 7.81. The molecule has 5 nitrogen and oxygen atoms in total. The highest BCUT2D eigenvalue weighted by molar-refractivity contribution is 7.15. The van der Waals surface area contributed by atoms with E-state index in [9.17, 15) is 4.79 Å². The number of hydrogen-bond donors (Lipinski definition) is 2. The Kier molecular flexibility index (Phi) is 5.38. The lowest BCUT2D eigenvalue weighted by molar-refractivity contribution is 0.247. The van der Waals surface area contributed by atoms with Crippen LogP contribution in [0.15, 0.2) is 24.3 Å². The minimum Gasteiger partial charge on any atom is -0.336 e. The molecule has 24 heavy (non-hydrogen) atoms. The Labute approximate surface area is 151 Å². The SMILES string of the molecule is CC(C)NC(=O)Nc1nc2c(s1)CN(Cc1ccccc1Cl)CC2. The van der Waals surface area contributed by atoms with Gasteiger partial charge in [-0.1, -0.05) is 29.8 Å². The third-order valence-electron chi connectivity index (χ3n) is 3.80. The summed E-state index contributed by atoms with van der Waals surface area (Å²) in [4.78, 5) is 19.9. The minimum atomic E-state index is -0.205. The van der Waals surface area contributed by atoms with Gasteiger partial charge in [0, 0.05) is 42.0 Å². The molecule has 2 amide bonds. The molecule has 2 N–H and O–H groups in total. The average molecular weight is 365 g/mol. The second-order valence-corrected chi connectivity index (χ2v) is 7.68. The van der Waals surface area contributed by atoms with Crippen LogP contribution in [0.3, 0.4) is 0 Å². The van der Waals surface area contributed by atoms with Crippen molar-refractivity contribution in [2.75, 3.05) is 11.9 Å². The maximum absolute atomic E-state index is 11.8. The number of rotatable bonds is 4. The van der Waals surface area contributed by atoms with Crippen LogP contribution in [-0.4, -0.2) is 28.5 Å². The molecular formula is C17H21ClN4OS. The molecule has 1 aliphatic heterocycles. The first-order chi connectivity index (χ1) is 11.5. The Bertz CT molecular complexity index is 731. The summed E-state index contributed by atoms with van der Waals surface area (Å²) in [6.45, 7) is 6.47. The molecule has 7 heteroatoms. The number of carbonyl (C=O) groups excluding carboxylic acids is 1. The van der Waals surface area contributed by atoms with Gasteiger partial charge >= 0.3 is 6.03 Å². The normalized spacial score (nSPS) is 14.5. The van der Waals surface area contributed by atoms with Gasteiger partial charge in [-0.05, 0) is 25.5 Å². The molecule has 0 aliphatic carbocycles. The van der Waals surface area contributed by atoms with Crippen molar-refractivity contribution in [1.82, 2.24) is 15.2 Å². The van der Waals surface area contributed by atoms with E-state index in [1.54, 1.807) is 11.3 Å². The lowest BCUT2D eigenvalue weighted by atomic mass is 10.1. The van der Waals surface area contributed by atoms with Crippen molar-refractivity contribution in [3.8, 4) is 0 Å². The van der Waals surface area contributed by atoms with Crippen LogP contribution >= 0.6 is 22.9 Å². The summed E-state index contributed by atoms with van der Waals surface area (Å²) in [6, 6.07) is 7.85. The van der Waals surface area contributed by atoms with Gasteiger partial charge in [-0.15, -0.1) is 11.3 Å². The summed E-state index contributed by atoms with van der Waals surface area (Å²) in [5.74, 6) is 0. The number of carbonyl (C=O) groups is 1. The summed E-state index contributed by atoms with van der Waals surface area (Å²) < 4.78 is 0. The number of nitrogens with one attached hydrogen (secondary N) is 2. The molecular weight excluding hydrogens is 344 g/mol. The van der Waals surface area contributed by atoms with Crippen LogP contribution in [0.5, 0.6) is 0 Å². The molecule has 128 valence electrons. The van der Waals surface area contributed by atoms with E-state index in [4.69, 9.17) is 11.6 Å². The van der Waals surface area contributed by atoms with Gasteiger partial charge in [0.1, 0.15) is 0 Å². The van der Waals surface area contributed by atoms with Gasteiger partial charge in [0.15, 0.2) is 5.13 Å². The first-order valence-electron chi connectivity index (χ1n) is 8.03. The molecule has 0 saturated carbocycles. The van der Waals surface area contributed by atoms with E-state index in [0.29, 0.717) is 5.13 Å². The Morgan fingerprint density at radius 1 is 1.42 bits per heavy atom. The third kappa shape index (κ3) is 4.26. The number of fused-ring (bicyclic) bond motifs is 1. The van der Waals surface area contributed by atoms with Crippen LogP contribution in [0.4, 0.5) is 9.93 Å². The van der Waals surface area contributed by atoms with Crippen molar-refractivity contribution >= 4 is 34.1 Å². The van der Waals surface area contributed by atoms with Gasteiger partial charge in [-0.2, -0.15) is 0 Å². The highest BCUT2D eigenvalue weighted by Gasteiger charge is 2.22. The van der Waals surface area contributed by atoms with Crippen LogP contribution in [-0.2, 0) is 19.5 Å². The van der Waals surface area contributed by atoms with Crippen molar-refractivity contribution in [2.24, 2.45) is 0 Å². The molecule has 0 fully saturated rings. The van der Waals surface area contributed by atoms with Gasteiger partial charge in [-0.3, -0.25) is 10.2 Å². The highest BCUT2D eigenvalue weighted by atomic mass is 35.5. The maximum atomic E-state index is 11.8. The number of thiazole rings is 1. The number of urea groups is 1. The summed E-state index contributed by atoms with van der Waals surface area (Å²) in [7, 11) is 0. The molecule has 1 aromatic carbocycles. The van der Waals surface area contributed by atoms with Gasteiger partial charge < -0.3 is 5.32 Å². The largest absolute Gasteiger partial charge is 0.336 e. The van der Waals surface area contributed by atoms with Crippen LogP contribution in [0.2, 0.25) is 5.02 Å². The smallest absolute Gasteiger partial charge is 0.321 e. The molecule has 1 aromatic heterocycles. The van der Waals surface area contributed by atoms with E-state index in [1.165, 1.54) is 4.88 Å². The predicted molar refractivity (Wildman–Crippen MR) is 98.7 cm³/mol. The molecule has 1 aliphatic rings. The van der Waals surface area contributed by atoms with Crippen LogP contribution in [0.1, 0.15) is 30.0 Å². The standard InChI is InChI=1S/C17H21ClN4OS/c1-11(2)19-16(23)21-17-20-14-7-8-22(10-15(14)24-17)9-12-5-3-4-6-13(12)18/h3-6,11H,7-10H2,1-2H3,(H2,19,20,21,23). The molecule has 2 aromatic rings. The lowest BCUT2D eigenvalue weighted by Gasteiger charge is -2.26. The topological polar surface area (TPSA) is 57.3 Å². The Morgan fingerprint density at radius 3 is 2.96 bits per heavy atom. The zero-order valence-corrected chi connectivity index (χ0v) is 15.4. The van der Waals surface area contributed by atoms with Gasteiger partial charge in [-0.25, -0.2) is 9.78 Å². The predicted octanol–water partition coefficient (Wildman–Crippen LogP) is 3.88. The lowest BCUT2D eigenvalue weighted by Crippen LogP contribution is -2.34. The Morgan fingerprint density at radius 2 is 2.21 bits per heavy atom. The monoisotopic (exact) mass is 364 g/mol. The van der Waals surface area contributed by atoms with E-state index in [2.05, 4.69) is 26.6 Å². The number of nitrogens with zero attached hydrogens (tertiary/aromatic N) is 2. The quantitative estimate of drug-likeness (QED) is 0.865. The Balaban J connectivity index is 1.64. The molecule has 0 spiro atoms. The molecule has 3 rings (SSSR count). The number of hydrogen-bond acceptors (Lipinski definition) is 4. The average Bonchev–Trinajstić information content (AvgIpc) is 2.90. The number of benzene rings is 1. The van der Waals surface area contributed by atoms with E-state index in [1.807, 2.05) is 32.0 Å². The van der Waals surface area contributed by atoms with Crippen molar-refractivity contribution in [1.29, 1.82) is 0 Å². The van der Waals surface area contributed by atoms with Crippen LogP contribution in [0, 0.1) is 0 Å². The zero-order chi connectivity index (χ0) is 17.1. The molecule has 0 radical (unpaired) electrons. The summed E-state index contributed by atoms with van der Waals surface area (Å²) in [5, 5.41) is 7.10.